The van der Waals surface area contributed by atoms with Gasteiger partial charge in [-0.25, -0.2) is 0 Å². The van der Waals surface area contributed by atoms with Crippen molar-refractivity contribution in [3.05, 3.63) is 34.9 Å². The summed E-state index contributed by atoms with van der Waals surface area (Å²) in [4.78, 5) is 0. The second kappa shape index (κ2) is 5.78. The van der Waals surface area contributed by atoms with Crippen molar-refractivity contribution in [1.82, 2.24) is 0 Å². The number of hydrogen-bond donors (Lipinski definition) is 0. The topological polar surface area (TPSA) is 0 Å². The molecular weight excluding hydrogens is 306 g/mol. The molecule has 0 amide bonds. The van der Waals surface area contributed by atoms with Gasteiger partial charge in [-0.1, -0.05) is 31.0 Å². The van der Waals surface area contributed by atoms with Gasteiger partial charge < -0.3 is 0 Å². The lowest BCUT2D eigenvalue weighted by Gasteiger charge is -2.37. The van der Waals surface area contributed by atoms with Crippen LogP contribution in [0, 0.1) is 18.8 Å². The van der Waals surface area contributed by atoms with Crippen LogP contribution in [-0.2, 0) is 6.18 Å². The van der Waals surface area contributed by atoms with E-state index in [0.29, 0.717) is 12.0 Å². The van der Waals surface area contributed by atoms with Gasteiger partial charge in [-0.05, 0) is 43.2 Å². The van der Waals surface area contributed by atoms with Crippen molar-refractivity contribution in [2.24, 2.45) is 11.8 Å². The Balaban J connectivity index is 2.49. The summed E-state index contributed by atoms with van der Waals surface area (Å²) in [5.41, 5.74) is -0.752. The molecule has 1 aliphatic rings. The van der Waals surface area contributed by atoms with Gasteiger partial charge in [0.25, 0.3) is 0 Å². The quantitative estimate of drug-likeness (QED) is 0.548. The maximum absolute atomic E-state index is 13.3. The molecule has 0 nitrogen and oxygen atoms in total. The van der Waals surface area contributed by atoms with Crippen molar-refractivity contribution in [3.63, 3.8) is 0 Å². The Morgan fingerprint density at radius 2 is 1.64 bits per heavy atom. The molecule has 1 aromatic carbocycles. The van der Waals surface area contributed by atoms with Crippen LogP contribution in [0.2, 0.25) is 0 Å². The third-order valence-electron chi connectivity index (χ3n) is 4.45. The minimum atomic E-state index is -4.64. The van der Waals surface area contributed by atoms with E-state index >= 15 is 0 Å². The second-order valence-corrected chi connectivity index (χ2v) is 6.26. The summed E-state index contributed by atoms with van der Waals surface area (Å²) < 4.78 is 79.4. The fourth-order valence-electron chi connectivity index (χ4n) is 3.35. The molecule has 0 spiro atoms. The predicted octanol–water partition coefficient (Wildman–Crippen LogP) is 6.10. The van der Waals surface area contributed by atoms with Gasteiger partial charge in [-0.3, -0.25) is 0 Å². The van der Waals surface area contributed by atoms with Crippen LogP contribution in [0.1, 0.15) is 48.8 Å². The molecule has 0 saturated heterocycles. The van der Waals surface area contributed by atoms with Crippen LogP contribution < -0.4 is 0 Å². The van der Waals surface area contributed by atoms with Crippen molar-refractivity contribution in [1.29, 1.82) is 0 Å². The van der Waals surface area contributed by atoms with Crippen molar-refractivity contribution in [3.8, 4) is 0 Å². The van der Waals surface area contributed by atoms with Gasteiger partial charge in [-0.2, -0.15) is 26.3 Å². The predicted molar refractivity (Wildman–Crippen MR) is 71.5 cm³/mol. The average molecular weight is 324 g/mol. The van der Waals surface area contributed by atoms with E-state index in [9.17, 15) is 26.3 Å². The molecule has 0 radical (unpaired) electrons. The van der Waals surface area contributed by atoms with Gasteiger partial charge in [0, 0.05) is 0 Å². The Kier molecular flexibility index (Phi) is 4.51. The Morgan fingerprint density at radius 1 is 1.00 bits per heavy atom. The smallest absolute Gasteiger partial charge is 0.171 e. The molecule has 1 fully saturated rings. The summed E-state index contributed by atoms with van der Waals surface area (Å²) in [6, 6.07) is 3.62. The van der Waals surface area contributed by atoms with E-state index < -0.39 is 29.8 Å². The van der Waals surface area contributed by atoms with E-state index in [0.717, 1.165) is 6.07 Å². The highest BCUT2D eigenvalue weighted by molar-refractivity contribution is 5.37. The zero-order valence-electron chi connectivity index (χ0n) is 12.4. The molecule has 0 bridgehead atoms. The number of benzene rings is 1. The standard InChI is InChI=1S/C16H18F6/c1-9-3-5-11(13(7-9)15(17,18)19)12-6-4-10(2)8-14(12)16(20,21)22/h3,5,7,10,12,14H,4,6,8H2,1-2H3. The second-order valence-electron chi connectivity index (χ2n) is 6.26. The first-order chi connectivity index (χ1) is 10.00. The summed E-state index contributed by atoms with van der Waals surface area (Å²) >= 11 is 0. The fourth-order valence-corrected chi connectivity index (χ4v) is 3.35. The van der Waals surface area contributed by atoms with Crippen LogP contribution in [0.3, 0.4) is 0 Å². The first kappa shape index (κ1) is 17.2. The van der Waals surface area contributed by atoms with Crippen LogP contribution in [0.25, 0.3) is 0 Å². The number of alkyl halides is 6. The van der Waals surface area contributed by atoms with Gasteiger partial charge in [-0.15, -0.1) is 0 Å². The molecule has 0 aromatic heterocycles. The highest BCUT2D eigenvalue weighted by atomic mass is 19.4. The molecule has 3 unspecified atom stereocenters. The van der Waals surface area contributed by atoms with Crippen molar-refractivity contribution in [2.45, 2.75) is 51.4 Å². The maximum atomic E-state index is 13.3. The molecule has 22 heavy (non-hydrogen) atoms. The summed E-state index contributed by atoms with van der Waals surface area (Å²) in [5.74, 6) is -2.95. The first-order valence-corrected chi connectivity index (χ1v) is 7.24. The molecule has 1 aromatic rings. The maximum Gasteiger partial charge on any atom is 0.416 e. The number of rotatable bonds is 1. The minimum Gasteiger partial charge on any atom is -0.171 e. The van der Waals surface area contributed by atoms with E-state index in [4.69, 9.17) is 0 Å². The molecule has 2 rings (SSSR count). The molecule has 3 atom stereocenters. The van der Waals surface area contributed by atoms with Crippen LogP contribution in [0.5, 0.6) is 0 Å². The SMILES string of the molecule is Cc1ccc(C2CCC(C)CC2C(F)(F)F)c(C(F)(F)F)c1. The number of aryl methyl sites for hydroxylation is 1. The summed E-state index contributed by atoms with van der Waals surface area (Å²) in [6.45, 7) is 3.22. The first-order valence-electron chi connectivity index (χ1n) is 7.24. The van der Waals surface area contributed by atoms with Gasteiger partial charge in [0.2, 0.25) is 0 Å². The molecule has 1 saturated carbocycles. The fraction of sp³-hybridized carbons (Fsp3) is 0.625. The summed E-state index contributed by atoms with van der Waals surface area (Å²) in [5, 5.41) is 0. The highest BCUT2D eigenvalue weighted by Gasteiger charge is 2.49. The zero-order valence-corrected chi connectivity index (χ0v) is 12.4. The summed E-state index contributed by atoms with van der Waals surface area (Å²) in [7, 11) is 0. The van der Waals surface area contributed by atoms with E-state index in [1.165, 1.54) is 19.1 Å². The van der Waals surface area contributed by atoms with Gasteiger partial charge in [0.15, 0.2) is 0 Å². The minimum absolute atomic E-state index is 0.112. The van der Waals surface area contributed by atoms with Crippen LogP contribution in [0.15, 0.2) is 18.2 Å². The lowest BCUT2D eigenvalue weighted by Crippen LogP contribution is -2.35. The van der Waals surface area contributed by atoms with E-state index in [1.54, 1.807) is 6.92 Å². The molecule has 124 valence electrons. The molecule has 0 N–H and O–H groups in total. The molecule has 6 heteroatoms. The Hall–Kier alpha value is -1.20. The average Bonchev–Trinajstić information content (AvgIpc) is 2.37. The van der Waals surface area contributed by atoms with Crippen LogP contribution >= 0.6 is 0 Å². The highest BCUT2D eigenvalue weighted by Crippen LogP contribution is 2.50. The molecule has 1 aliphatic carbocycles. The molecule has 0 aliphatic heterocycles. The third-order valence-corrected chi connectivity index (χ3v) is 4.45. The van der Waals surface area contributed by atoms with Gasteiger partial charge >= 0.3 is 12.4 Å². The lowest BCUT2D eigenvalue weighted by molar-refractivity contribution is -0.192. The Morgan fingerprint density at radius 3 is 2.18 bits per heavy atom. The normalized spacial score (nSPS) is 27.0. The number of halogens is 6. The lowest BCUT2D eigenvalue weighted by atomic mass is 9.70. The monoisotopic (exact) mass is 324 g/mol. The van der Waals surface area contributed by atoms with Crippen LogP contribution in [-0.4, -0.2) is 6.18 Å². The van der Waals surface area contributed by atoms with Crippen molar-refractivity contribution in [2.75, 3.05) is 0 Å². The zero-order chi connectivity index (χ0) is 16.7. The van der Waals surface area contributed by atoms with Crippen LogP contribution in [0.4, 0.5) is 26.3 Å². The van der Waals surface area contributed by atoms with Crippen molar-refractivity contribution < 1.29 is 26.3 Å². The Bertz CT molecular complexity index is 528. The van der Waals surface area contributed by atoms with Gasteiger partial charge in [0.05, 0.1) is 11.5 Å². The largest absolute Gasteiger partial charge is 0.416 e. The third kappa shape index (κ3) is 3.58. The number of hydrogen-bond acceptors (Lipinski definition) is 0. The van der Waals surface area contributed by atoms with E-state index in [2.05, 4.69) is 0 Å². The van der Waals surface area contributed by atoms with E-state index in [1.807, 2.05) is 0 Å². The van der Waals surface area contributed by atoms with E-state index in [-0.39, 0.29) is 24.3 Å². The Labute approximate surface area is 125 Å². The van der Waals surface area contributed by atoms with Crippen molar-refractivity contribution >= 4 is 0 Å². The van der Waals surface area contributed by atoms with Gasteiger partial charge in [0.1, 0.15) is 0 Å². The molecular formula is C16H18F6. The molecule has 0 heterocycles. The summed E-state index contributed by atoms with van der Waals surface area (Å²) in [6.07, 6.45) is -8.58.